The number of hydrogen-bond donors (Lipinski definition) is 3. The van der Waals surface area contributed by atoms with Crippen molar-refractivity contribution in [1.82, 2.24) is 0 Å². The van der Waals surface area contributed by atoms with E-state index < -0.39 is 5.72 Å². The molecule has 0 aliphatic heterocycles. The molecule has 0 heterocycles. The maximum Gasteiger partial charge on any atom is 0.114 e. The minimum atomic E-state index is -1.03. The van der Waals surface area contributed by atoms with E-state index in [1.54, 1.807) is 0 Å². The van der Waals surface area contributed by atoms with E-state index in [4.69, 9.17) is 16.6 Å². The van der Waals surface area contributed by atoms with Crippen LogP contribution in [0.2, 0.25) is 0 Å². The Hall–Kier alpha value is -0.120. The highest BCUT2D eigenvalue weighted by molar-refractivity contribution is 4.67. The van der Waals surface area contributed by atoms with Gasteiger partial charge in [-0.25, -0.2) is 0 Å². The van der Waals surface area contributed by atoms with E-state index in [1.807, 2.05) is 6.92 Å². The third-order valence-corrected chi connectivity index (χ3v) is 1.19. The Labute approximate surface area is 49.7 Å². The molecule has 50 valence electrons. The van der Waals surface area contributed by atoms with Crippen LogP contribution in [0.15, 0.2) is 0 Å². The molecule has 0 aromatic heterocycles. The largest absolute Gasteiger partial charge is 0.376 e. The molecule has 0 amide bonds. The van der Waals surface area contributed by atoms with Crippen molar-refractivity contribution in [2.75, 3.05) is 6.54 Å². The molecule has 0 aliphatic carbocycles. The molecule has 0 rings (SSSR count). The van der Waals surface area contributed by atoms with Crippen molar-refractivity contribution in [3.63, 3.8) is 0 Å². The smallest absolute Gasteiger partial charge is 0.114 e. The van der Waals surface area contributed by atoms with Crippen molar-refractivity contribution in [3.8, 4) is 0 Å². The van der Waals surface area contributed by atoms with Crippen LogP contribution >= 0.6 is 0 Å². The number of rotatable bonds is 3. The summed E-state index contributed by atoms with van der Waals surface area (Å²) in [6.45, 7) is 2.27. The van der Waals surface area contributed by atoms with E-state index in [0.29, 0.717) is 19.4 Å². The van der Waals surface area contributed by atoms with E-state index in [9.17, 15) is 0 Å². The number of hydrogen-bond acceptors (Lipinski definition) is 3. The lowest BCUT2D eigenvalue weighted by molar-refractivity contribution is 0.0366. The molecular formula is C5H14N2O. The zero-order valence-corrected chi connectivity index (χ0v) is 5.22. The first kappa shape index (κ1) is 7.88. The van der Waals surface area contributed by atoms with Gasteiger partial charge in [-0.1, -0.05) is 6.92 Å². The Morgan fingerprint density at radius 1 is 1.62 bits per heavy atom. The molecule has 1 atom stereocenters. The van der Waals surface area contributed by atoms with Gasteiger partial charge in [-0.15, -0.1) is 0 Å². The van der Waals surface area contributed by atoms with Crippen LogP contribution in [0.25, 0.3) is 0 Å². The Balaban J connectivity index is 3.37. The van der Waals surface area contributed by atoms with E-state index >= 15 is 0 Å². The Morgan fingerprint density at radius 3 is 2.25 bits per heavy atom. The zero-order valence-electron chi connectivity index (χ0n) is 5.22. The molecule has 0 radical (unpaired) electrons. The quantitative estimate of drug-likeness (QED) is 0.433. The van der Waals surface area contributed by atoms with E-state index in [2.05, 4.69) is 0 Å². The molecule has 3 nitrogen and oxygen atoms in total. The minimum Gasteiger partial charge on any atom is -0.376 e. The summed E-state index contributed by atoms with van der Waals surface area (Å²) in [6.07, 6.45) is 1.04. The summed E-state index contributed by atoms with van der Waals surface area (Å²) >= 11 is 0. The molecule has 0 aliphatic rings. The summed E-state index contributed by atoms with van der Waals surface area (Å²) in [4.78, 5) is 0. The van der Waals surface area contributed by atoms with Gasteiger partial charge in [0, 0.05) is 6.42 Å². The minimum absolute atomic E-state index is 0.445. The van der Waals surface area contributed by atoms with Gasteiger partial charge in [-0.05, 0) is 13.0 Å². The summed E-state index contributed by atoms with van der Waals surface area (Å²) in [5.41, 5.74) is 9.42. The molecule has 0 saturated heterocycles. The monoisotopic (exact) mass is 118 g/mol. The summed E-state index contributed by atoms with van der Waals surface area (Å²) in [7, 11) is 0. The van der Waals surface area contributed by atoms with Crippen LogP contribution < -0.4 is 11.5 Å². The first-order valence-corrected chi connectivity index (χ1v) is 2.83. The topological polar surface area (TPSA) is 72.3 Å². The number of aliphatic hydroxyl groups is 1. The summed E-state index contributed by atoms with van der Waals surface area (Å²) < 4.78 is 0. The van der Waals surface area contributed by atoms with Gasteiger partial charge in [0.25, 0.3) is 0 Å². The fourth-order valence-corrected chi connectivity index (χ4v) is 0.427. The van der Waals surface area contributed by atoms with Gasteiger partial charge < -0.3 is 16.6 Å². The molecule has 0 aromatic carbocycles. The van der Waals surface area contributed by atoms with Gasteiger partial charge in [0.15, 0.2) is 0 Å². The van der Waals surface area contributed by atoms with Gasteiger partial charge >= 0.3 is 0 Å². The molecule has 0 saturated carbocycles. The van der Waals surface area contributed by atoms with Crippen LogP contribution in [0.5, 0.6) is 0 Å². The van der Waals surface area contributed by atoms with Crippen LogP contribution in [0, 0.1) is 0 Å². The molecule has 0 bridgehead atoms. The predicted molar refractivity (Wildman–Crippen MR) is 33.1 cm³/mol. The highest BCUT2D eigenvalue weighted by Crippen LogP contribution is 2.03. The third-order valence-electron chi connectivity index (χ3n) is 1.19. The zero-order chi connectivity index (χ0) is 6.62. The lowest BCUT2D eigenvalue weighted by Crippen LogP contribution is -2.40. The van der Waals surface area contributed by atoms with Crippen LogP contribution in [0.4, 0.5) is 0 Å². The fourth-order valence-electron chi connectivity index (χ4n) is 0.427. The first-order valence-electron chi connectivity index (χ1n) is 2.83. The maximum atomic E-state index is 9.02. The molecule has 0 aromatic rings. The van der Waals surface area contributed by atoms with E-state index in [0.717, 1.165) is 0 Å². The van der Waals surface area contributed by atoms with Crippen molar-refractivity contribution < 1.29 is 5.11 Å². The van der Waals surface area contributed by atoms with Crippen molar-refractivity contribution >= 4 is 0 Å². The number of nitrogens with two attached hydrogens (primary N) is 2. The van der Waals surface area contributed by atoms with Crippen LogP contribution in [-0.4, -0.2) is 17.4 Å². The van der Waals surface area contributed by atoms with Crippen molar-refractivity contribution in [3.05, 3.63) is 0 Å². The van der Waals surface area contributed by atoms with Gasteiger partial charge in [-0.2, -0.15) is 0 Å². The second-order valence-electron chi connectivity index (χ2n) is 2.00. The lowest BCUT2D eigenvalue weighted by atomic mass is 10.1. The second-order valence-corrected chi connectivity index (χ2v) is 2.00. The summed E-state index contributed by atoms with van der Waals surface area (Å²) in [5, 5.41) is 9.02. The summed E-state index contributed by atoms with van der Waals surface area (Å²) in [5.74, 6) is 0. The fraction of sp³-hybridized carbons (Fsp3) is 1.00. The van der Waals surface area contributed by atoms with Crippen LogP contribution in [0.1, 0.15) is 19.8 Å². The van der Waals surface area contributed by atoms with Gasteiger partial charge in [0.1, 0.15) is 5.72 Å². The molecule has 1 unspecified atom stereocenters. The lowest BCUT2D eigenvalue weighted by Gasteiger charge is -2.19. The highest BCUT2D eigenvalue weighted by atomic mass is 16.3. The Morgan fingerprint density at radius 2 is 2.12 bits per heavy atom. The standard InChI is InChI=1S/C5H14N2O/c1-2-5(7,8)3-4-6/h8H,2-4,6-7H2,1H3. The Bertz CT molecular complexity index is 63.4. The highest BCUT2D eigenvalue weighted by Gasteiger charge is 2.15. The van der Waals surface area contributed by atoms with Gasteiger partial charge in [0.05, 0.1) is 0 Å². The molecule has 0 fully saturated rings. The average molecular weight is 118 g/mol. The van der Waals surface area contributed by atoms with Crippen molar-refractivity contribution in [2.45, 2.75) is 25.5 Å². The molecule has 5 N–H and O–H groups in total. The maximum absolute atomic E-state index is 9.02. The third kappa shape index (κ3) is 2.96. The van der Waals surface area contributed by atoms with Crippen LogP contribution in [-0.2, 0) is 0 Å². The molecular weight excluding hydrogens is 104 g/mol. The molecule has 3 heteroatoms. The Kier molecular flexibility index (Phi) is 2.97. The van der Waals surface area contributed by atoms with Crippen molar-refractivity contribution in [1.29, 1.82) is 0 Å². The molecule has 8 heavy (non-hydrogen) atoms. The van der Waals surface area contributed by atoms with Gasteiger partial charge in [-0.3, -0.25) is 0 Å². The summed E-state index contributed by atoms with van der Waals surface area (Å²) in [6, 6.07) is 0. The molecule has 0 spiro atoms. The van der Waals surface area contributed by atoms with E-state index in [-0.39, 0.29) is 0 Å². The predicted octanol–water partition coefficient (Wildman–Crippen LogP) is -0.608. The first-order chi connectivity index (χ1) is 3.62. The normalized spacial score (nSPS) is 18.0. The van der Waals surface area contributed by atoms with E-state index in [1.165, 1.54) is 0 Å². The van der Waals surface area contributed by atoms with Crippen molar-refractivity contribution in [2.24, 2.45) is 11.5 Å². The SMILES string of the molecule is CCC(N)(O)CCN. The average Bonchev–Trinajstić information content (AvgIpc) is 1.67. The van der Waals surface area contributed by atoms with Crippen LogP contribution in [0.3, 0.4) is 0 Å². The van der Waals surface area contributed by atoms with Gasteiger partial charge in [0.2, 0.25) is 0 Å². The second kappa shape index (κ2) is 3.02.